The van der Waals surface area contributed by atoms with Gasteiger partial charge in [-0.1, -0.05) is 6.42 Å². The van der Waals surface area contributed by atoms with Crippen molar-refractivity contribution in [2.45, 2.75) is 44.9 Å². The van der Waals surface area contributed by atoms with Gasteiger partial charge in [0.1, 0.15) is 5.56 Å². The summed E-state index contributed by atoms with van der Waals surface area (Å²) in [7, 11) is 0. The normalized spacial score (nSPS) is 27.1. The van der Waals surface area contributed by atoms with E-state index in [2.05, 4.69) is 10.3 Å². The predicted octanol–water partition coefficient (Wildman–Crippen LogP) is 1.72. The Morgan fingerprint density at radius 2 is 1.75 bits per heavy atom. The third kappa shape index (κ3) is 3.02. The molecule has 0 bridgehead atoms. The van der Waals surface area contributed by atoms with Crippen LogP contribution in [0.1, 0.15) is 53.7 Å². The molecule has 5 nitrogen and oxygen atoms in total. The third-order valence-electron chi connectivity index (χ3n) is 6.13. The molecule has 4 rings (SSSR count). The smallest absolute Gasteiger partial charge is 0.261 e. The van der Waals surface area contributed by atoms with Crippen LogP contribution < -0.4 is 10.9 Å². The fourth-order valence-corrected chi connectivity index (χ4v) is 4.60. The van der Waals surface area contributed by atoms with Crippen molar-refractivity contribution < 1.29 is 4.79 Å². The van der Waals surface area contributed by atoms with Crippen LogP contribution in [0, 0.1) is 11.8 Å². The van der Waals surface area contributed by atoms with Crippen LogP contribution in [0.3, 0.4) is 0 Å². The Labute approximate surface area is 142 Å². The summed E-state index contributed by atoms with van der Waals surface area (Å²) in [4.78, 5) is 30.3. The maximum Gasteiger partial charge on any atom is 0.261 e. The Morgan fingerprint density at radius 1 is 1.04 bits per heavy atom. The van der Waals surface area contributed by atoms with E-state index in [4.69, 9.17) is 0 Å². The van der Waals surface area contributed by atoms with E-state index in [0.29, 0.717) is 17.4 Å². The van der Waals surface area contributed by atoms with Gasteiger partial charge < -0.3 is 15.2 Å². The lowest BCUT2D eigenvalue weighted by Gasteiger charge is -2.21. The highest BCUT2D eigenvalue weighted by atomic mass is 16.2. The second-order valence-corrected chi connectivity index (χ2v) is 7.62. The van der Waals surface area contributed by atoms with Crippen molar-refractivity contribution in [3.05, 3.63) is 33.2 Å². The van der Waals surface area contributed by atoms with Gasteiger partial charge >= 0.3 is 0 Å². The lowest BCUT2D eigenvalue weighted by Crippen LogP contribution is -2.36. The molecule has 1 aromatic rings. The molecular formula is C19H27N3O2. The summed E-state index contributed by atoms with van der Waals surface area (Å²) < 4.78 is 0. The topological polar surface area (TPSA) is 65.2 Å². The summed E-state index contributed by atoms with van der Waals surface area (Å²) in [5.41, 5.74) is 2.37. The highest BCUT2D eigenvalue weighted by Gasteiger charge is 2.32. The molecule has 1 aliphatic carbocycles. The zero-order valence-electron chi connectivity index (χ0n) is 14.3. The van der Waals surface area contributed by atoms with Crippen molar-refractivity contribution in [1.82, 2.24) is 15.2 Å². The molecule has 0 spiro atoms. The number of hydrogen-bond acceptors (Lipinski definition) is 3. The van der Waals surface area contributed by atoms with Crippen molar-refractivity contribution in [2.24, 2.45) is 11.8 Å². The predicted molar refractivity (Wildman–Crippen MR) is 93.3 cm³/mol. The van der Waals surface area contributed by atoms with Crippen LogP contribution in [-0.4, -0.2) is 42.0 Å². The number of nitrogens with one attached hydrogen (secondary N) is 2. The summed E-state index contributed by atoms with van der Waals surface area (Å²) in [5, 5.41) is 3.46. The standard InChI is InChI=1S/C19H27N3O2/c23-18-16(10-13-4-2-1-3-5-17(13)21-18)19(24)22-8-6-14-11-20-12-15(14)7-9-22/h10,14-15,20H,1-9,11-12H2,(H,21,23)/t14-,15+. The maximum absolute atomic E-state index is 13.0. The van der Waals surface area contributed by atoms with Crippen LogP contribution in [0.15, 0.2) is 10.9 Å². The molecule has 0 aromatic carbocycles. The molecule has 2 atom stereocenters. The van der Waals surface area contributed by atoms with Crippen molar-refractivity contribution in [2.75, 3.05) is 26.2 Å². The van der Waals surface area contributed by atoms with Gasteiger partial charge in [0, 0.05) is 18.8 Å². The summed E-state index contributed by atoms with van der Waals surface area (Å²) in [5.74, 6) is 1.30. The average Bonchev–Trinajstić information content (AvgIpc) is 2.79. The Balaban J connectivity index is 1.55. The number of aryl methyl sites for hydroxylation is 2. The van der Waals surface area contributed by atoms with Crippen LogP contribution in [0.5, 0.6) is 0 Å². The first-order chi connectivity index (χ1) is 11.7. The number of aromatic amines is 1. The molecular weight excluding hydrogens is 302 g/mol. The minimum absolute atomic E-state index is 0.0729. The van der Waals surface area contributed by atoms with Crippen LogP contribution >= 0.6 is 0 Å². The van der Waals surface area contributed by atoms with E-state index in [0.717, 1.165) is 70.4 Å². The number of carbonyl (C=O) groups excluding carboxylic acids is 1. The highest BCUT2D eigenvalue weighted by Crippen LogP contribution is 2.27. The van der Waals surface area contributed by atoms with Crippen LogP contribution in [0.4, 0.5) is 0 Å². The van der Waals surface area contributed by atoms with Gasteiger partial charge in [-0.25, -0.2) is 0 Å². The lowest BCUT2D eigenvalue weighted by molar-refractivity contribution is 0.0756. The number of pyridine rings is 1. The zero-order valence-corrected chi connectivity index (χ0v) is 14.3. The molecule has 0 radical (unpaired) electrons. The molecule has 0 unspecified atom stereocenters. The van der Waals surface area contributed by atoms with Gasteiger partial charge in [-0.2, -0.15) is 0 Å². The van der Waals surface area contributed by atoms with E-state index < -0.39 is 0 Å². The number of fused-ring (bicyclic) bond motifs is 2. The van der Waals surface area contributed by atoms with Crippen molar-refractivity contribution in [3.63, 3.8) is 0 Å². The van der Waals surface area contributed by atoms with E-state index in [9.17, 15) is 9.59 Å². The van der Waals surface area contributed by atoms with Gasteiger partial charge in [-0.3, -0.25) is 9.59 Å². The summed E-state index contributed by atoms with van der Waals surface area (Å²) in [6, 6.07) is 1.88. The quantitative estimate of drug-likeness (QED) is 0.771. The number of carbonyl (C=O) groups is 1. The Morgan fingerprint density at radius 3 is 2.50 bits per heavy atom. The summed E-state index contributed by atoms with van der Waals surface area (Å²) in [6.45, 7) is 3.70. The monoisotopic (exact) mass is 329 g/mol. The molecule has 2 N–H and O–H groups in total. The summed E-state index contributed by atoms with van der Waals surface area (Å²) in [6.07, 6.45) is 7.47. The number of rotatable bonds is 1. The molecule has 3 heterocycles. The first kappa shape index (κ1) is 15.9. The molecule has 3 aliphatic rings. The number of amides is 1. The Bertz CT molecular complexity index is 668. The van der Waals surface area contributed by atoms with Gasteiger partial charge in [0.25, 0.3) is 11.5 Å². The van der Waals surface area contributed by atoms with Crippen molar-refractivity contribution >= 4 is 5.91 Å². The molecule has 24 heavy (non-hydrogen) atoms. The van der Waals surface area contributed by atoms with E-state index in [1.54, 1.807) is 0 Å². The SMILES string of the molecule is O=C(c1cc2c([nH]c1=O)CCCCC2)N1CC[C@@H]2CNC[C@@H]2CC1. The number of hydrogen-bond donors (Lipinski definition) is 2. The number of H-pyrrole nitrogens is 1. The fourth-order valence-electron chi connectivity index (χ4n) is 4.60. The van der Waals surface area contributed by atoms with E-state index >= 15 is 0 Å². The van der Waals surface area contributed by atoms with E-state index in [1.165, 1.54) is 12.0 Å². The fraction of sp³-hybridized carbons (Fsp3) is 0.684. The minimum Gasteiger partial charge on any atom is -0.338 e. The highest BCUT2D eigenvalue weighted by molar-refractivity contribution is 5.94. The van der Waals surface area contributed by atoms with Gasteiger partial charge in [-0.15, -0.1) is 0 Å². The molecule has 2 fully saturated rings. The first-order valence-corrected chi connectivity index (χ1v) is 9.47. The lowest BCUT2D eigenvalue weighted by atomic mass is 9.92. The maximum atomic E-state index is 13.0. The van der Waals surface area contributed by atoms with Crippen LogP contribution in [-0.2, 0) is 12.8 Å². The first-order valence-electron chi connectivity index (χ1n) is 9.47. The number of nitrogens with zero attached hydrogens (tertiary/aromatic N) is 1. The molecule has 0 saturated carbocycles. The third-order valence-corrected chi connectivity index (χ3v) is 6.13. The molecule has 2 aliphatic heterocycles. The molecule has 5 heteroatoms. The van der Waals surface area contributed by atoms with Gasteiger partial charge in [0.05, 0.1) is 0 Å². The van der Waals surface area contributed by atoms with Crippen molar-refractivity contribution in [3.8, 4) is 0 Å². The second-order valence-electron chi connectivity index (χ2n) is 7.62. The van der Waals surface area contributed by atoms with Crippen LogP contribution in [0.2, 0.25) is 0 Å². The number of aromatic nitrogens is 1. The molecule has 2 saturated heterocycles. The largest absolute Gasteiger partial charge is 0.338 e. The second kappa shape index (κ2) is 6.71. The van der Waals surface area contributed by atoms with Gasteiger partial charge in [0.2, 0.25) is 0 Å². The van der Waals surface area contributed by atoms with Crippen molar-refractivity contribution in [1.29, 1.82) is 0 Å². The van der Waals surface area contributed by atoms with E-state index in [1.807, 2.05) is 11.0 Å². The summed E-state index contributed by atoms with van der Waals surface area (Å²) >= 11 is 0. The average molecular weight is 329 g/mol. The molecule has 130 valence electrons. The zero-order chi connectivity index (χ0) is 16.5. The van der Waals surface area contributed by atoms with Crippen LogP contribution in [0.25, 0.3) is 0 Å². The Hall–Kier alpha value is -1.62. The number of likely N-dealkylation sites (tertiary alicyclic amines) is 1. The van der Waals surface area contributed by atoms with Gasteiger partial charge in [-0.05, 0) is 75.1 Å². The van der Waals surface area contributed by atoms with Gasteiger partial charge in [0.15, 0.2) is 0 Å². The van der Waals surface area contributed by atoms with E-state index in [-0.39, 0.29) is 11.5 Å². The minimum atomic E-state index is -0.202. The molecule has 1 aromatic heterocycles. The Kier molecular flexibility index (Phi) is 4.44. The molecule has 1 amide bonds.